The van der Waals surface area contributed by atoms with Crippen LogP contribution < -0.4 is 0 Å². The Balaban J connectivity index is 1.43. The molecule has 0 bridgehead atoms. The Morgan fingerprint density at radius 2 is 1.24 bits per heavy atom. The molecule has 0 fully saturated rings. The lowest BCUT2D eigenvalue weighted by atomic mass is 10.0. The van der Waals surface area contributed by atoms with Gasteiger partial charge in [0.25, 0.3) is 0 Å². The molecule has 6 heteroatoms. The zero-order valence-corrected chi connectivity index (χ0v) is 21.6. The zero-order chi connectivity index (χ0) is 25.1. The second-order valence-electron chi connectivity index (χ2n) is 9.11. The molecule has 0 saturated carbocycles. The number of allylic oxidation sites excluding steroid dienone is 1. The van der Waals surface area contributed by atoms with Crippen LogP contribution in [-0.2, 0) is 7.05 Å². The summed E-state index contributed by atoms with van der Waals surface area (Å²) in [6.45, 7) is 0. The molecule has 0 amide bonds. The van der Waals surface area contributed by atoms with Crippen LogP contribution in [0.3, 0.4) is 0 Å². The molecule has 4 aromatic carbocycles. The molecule has 0 spiro atoms. The first-order valence-corrected chi connectivity index (χ1v) is 12.8. The maximum Gasteiger partial charge on any atom is 0.184 e. The third-order valence-electron chi connectivity index (χ3n) is 6.89. The van der Waals surface area contributed by atoms with E-state index in [0.29, 0.717) is 0 Å². The highest BCUT2D eigenvalue weighted by Crippen LogP contribution is 2.34. The summed E-state index contributed by atoms with van der Waals surface area (Å²) in [5.41, 5.74) is 6.49. The van der Waals surface area contributed by atoms with Gasteiger partial charge < -0.3 is 4.57 Å². The van der Waals surface area contributed by atoms with Crippen LogP contribution in [0.4, 0.5) is 0 Å². The van der Waals surface area contributed by atoms with E-state index in [1.54, 1.807) is 0 Å². The van der Waals surface area contributed by atoms with Crippen molar-refractivity contribution >= 4 is 62.3 Å². The van der Waals surface area contributed by atoms with Crippen LogP contribution in [0.2, 0.25) is 0 Å². The van der Waals surface area contributed by atoms with Gasteiger partial charge in [-0.1, -0.05) is 97.2 Å². The number of nitrogens with zero attached hydrogens (tertiary/aromatic N) is 4. The highest BCUT2D eigenvalue weighted by Gasteiger charge is 2.29. The predicted octanol–water partition coefficient (Wildman–Crippen LogP) is 7.11. The second-order valence-corrected chi connectivity index (χ2v) is 9.93. The topological polar surface area (TPSA) is 35.6 Å². The van der Waals surface area contributed by atoms with Gasteiger partial charge in [0.05, 0.1) is 9.73 Å². The van der Waals surface area contributed by atoms with Crippen LogP contribution in [0.5, 0.6) is 0 Å². The van der Waals surface area contributed by atoms with E-state index >= 15 is 0 Å². The van der Waals surface area contributed by atoms with Crippen molar-refractivity contribution in [3.63, 3.8) is 0 Å². The summed E-state index contributed by atoms with van der Waals surface area (Å²) in [5, 5.41) is 2.31. The Kier molecular flexibility index (Phi) is 4.99. The van der Waals surface area contributed by atoms with Crippen LogP contribution in [0.15, 0.2) is 103 Å². The number of aromatic nitrogens is 4. The molecule has 37 heavy (non-hydrogen) atoms. The quantitative estimate of drug-likeness (QED) is 0.187. The molecule has 0 saturated heterocycles. The predicted molar refractivity (Wildman–Crippen MR) is 159 cm³/mol. The normalized spacial score (nSPS) is 13.1. The lowest BCUT2D eigenvalue weighted by Gasteiger charge is -2.07. The fourth-order valence-corrected chi connectivity index (χ4v) is 5.79. The zero-order valence-electron chi connectivity index (χ0n) is 19.9. The fourth-order valence-electron chi connectivity index (χ4n) is 5.06. The van der Waals surface area contributed by atoms with Crippen molar-refractivity contribution < 1.29 is 0 Å². The Morgan fingerprint density at radius 3 is 1.86 bits per heavy atom. The maximum atomic E-state index is 5.95. The molecule has 0 atom stereocenters. The monoisotopic (exact) mass is 512 g/mol. The van der Waals surface area contributed by atoms with Gasteiger partial charge >= 0.3 is 0 Å². The molecule has 2 aromatic heterocycles. The lowest BCUT2D eigenvalue weighted by Crippen LogP contribution is -2.03. The van der Waals surface area contributed by atoms with E-state index in [-0.39, 0.29) is 0 Å². The number of hydrogen-bond donors (Lipinski definition) is 0. The van der Waals surface area contributed by atoms with E-state index in [4.69, 9.17) is 34.4 Å². The summed E-state index contributed by atoms with van der Waals surface area (Å²) >= 11 is 11.9. The first-order valence-electron chi connectivity index (χ1n) is 12.0. The van der Waals surface area contributed by atoms with Gasteiger partial charge in [-0.25, -0.2) is 9.97 Å². The SMILES string of the molecule is Cn1c(-c2ccccc2)nc2c1nc(C=C1C(=S)c3cc4ccccc4cc3C1=S)n2-c1ccccc1. The van der Waals surface area contributed by atoms with Gasteiger partial charge in [0.2, 0.25) is 0 Å². The van der Waals surface area contributed by atoms with E-state index in [0.717, 1.165) is 71.4 Å². The molecule has 0 unspecified atom stereocenters. The van der Waals surface area contributed by atoms with Crippen LogP contribution in [0.25, 0.3) is 45.2 Å². The minimum atomic E-state index is 0.746. The van der Waals surface area contributed by atoms with Crippen molar-refractivity contribution in [2.75, 3.05) is 0 Å². The smallest absolute Gasteiger partial charge is 0.184 e. The molecule has 1 aliphatic carbocycles. The Hall–Kier alpha value is -4.26. The first kappa shape index (κ1) is 22.0. The lowest BCUT2D eigenvalue weighted by molar-refractivity contribution is 0.933. The van der Waals surface area contributed by atoms with Crippen LogP contribution in [0, 0.1) is 0 Å². The Morgan fingerprint density at radius 1 is 0.676 bits per heavy atom. The van der Waals surface area contributed by atoms with Crippen LogP contribution in [0.1, 0.15) is 17.0 Å². The summed E-state index contributed by atoms with van der Waals surface area (Å²) in [7, 11) is 2.00. The number of para-hydroxylation sites is 1. The van der Waals surface area contributed by atoms with Crippen molar-refractivity contribution in [2.24, 2.45) is 7.05 Å². The number of thiocarbonyl (C=S) groups is 2. The van der Waals surface area contributed by atoms with Gasteiger partial charge in [0.15, 0.2) is 11.3 Å². The van der Waals surface area contributed by atoms with E-state index in [1.807, 2.05) is 66.2 Å². The van der Waals surface area contributed by atoms with Gasteiger partial charge in [0.1, 0.15) is 11.6 Å². The number of hydrogen-bond acceptors (Lipinski definition) is 4. The Labute approximate surface area is 224 Å². The number of fused-ring (bicyclic) bond motifs is 3. The molecule has 176 valence electrons. The van der Waals surface area contributed by atoms with Crippen molar-refractivity contribution in [1.82, 2.24) is 19.1 Å². The third kappa shape index (κ3) is 3.41. The summed E-state index contributed by atoms with van der Waals surface area (Å²) in [6.07, 6.45) is 2.02. The molecule has 1 aliphatic rings. The molecular formula is C31H20N4S2. The summed E-state index contributed by atoms with van der Waals surface area (Å²) in [6, 6.07) is 32.9. The van der Waals surface area contributed by atoms with Gasteiger partial charge in [-0.15, -0.1) is 0 Å². The molecule has 0 radical (unpaired) electrons. The maximum absolute atomic E-state index is 5.95. The molecule has 0 N–H and O–H groups in total. The van der Waals surface area contributed by atoms with Gasteiger partial charge in [-0.05, 0) is 41.1 Å². The molecule has 0 aliphatic heterocycles. The molecule has 2 heterocycles. The average Bonchev–Trinajstić information content (AvgIpc) is 3.53. The first-order chi connectivity index (χ1) is 18.1. The van der Waals surface area contributed by atoms with Gasteiger partial charge in [0, 0.05) is 35.0 Å². The summed E-state index contributed by atoms with van der Waals surface area (Å²) in [4.78, 5) is 11.6. The van der Waals surface area contributed by atoms with Crippen molar-refractivity contribution in [3.8, 4) is 17.1 Å². The largest absolute Gasteiger partial charge is 0.310 e. The summed E-state index contributed by atoms with van der Waals surface area (Å²) in [5.74, 6) is 1.61. The third-order valence-corrected chi connectivity index (χ3v) is 7.77. The molecule has 7 rings (SSSR count). The van der Waals surface area contributed by atoms with Gasteiger partial charge in [-0.2, -0.15) is 0 Å². The standard InChI is InChI=1S/C31H20N4S2/c1-34-29(19-10-4-2-5-11-19)33-31-30(34)32-26(35(31)22-14-6-3-7-15-22)18-25-27(36)23-16-20-12-8-9-13-21(20)17-24(23)28(25)37/h2-18H,1H3. The number of imidazole rings is 2. The Bertz CT molecular complexity index is 1860. The van der Waals surface area contributed by atoms with Crippen LogP contribution in [-0.4, -0.2) is 28.8 Å². The minimum absolute atomic E-state index is 0.746. The number of rotatable bonds is 3. The van der Waals surface area contributed by atoms with Crippen molar-refractivity contribution in [2.45, 2.75) is 0 Å². The van der Waals surface area contributed by atoms with Crippen molar-refractivity contribution in [1.29, 1.82) is 0 Å². The van der Waals surface area contributed by atoms with E-state index in [9.17, 15) is 0 Å². The number of aryl methyl sites for hydroxylation is 1. The molecule has 4 nitrogen and oxygen atoms in total. The summed E-state index contributed by atoms with van der Waals surface area (Å²) < 4.78 is 4.12. The second kappa shape index (κ2) is 8.40. The average molecular weight is 513 g/mol. The fraction of sp³-hybridized carbons (Fsp3) is 0.0323. The van der Waals surface area contributed by atoms with E-state index < -0.39 is 0 Å². The van der Waals surface area contributed by atoms with E-state index in [2.05, 4.69) is 53.1 Å². The van der Waals surface area contributed by atoms with Crippen LogP contribution >= 0.6 is 24.4 Å². The van der Waals surface area contributed by atoms with Crippen molar-refractivity contribution in [3.05, 3.63) is 120 Å². The molecule has 6 aromatic rings. The number of benzene rings is 4. The highest BCUT2D eigenvalue weighted by atomic mass is 32.1. The van der Waals surface area contributed by atoms with Gasteiger partial charge in [-0.3, -0.25) is 4.57 Å². The highest BCUT2D eigenvalue weighted by molar-refractivity contribution is 7.84. The minimum Gasteiger partial charge on any atom is -0.310 e. The van der Waals surface area contributed by atoms with E-state index in [1.165, 1.54) is 0 Å². The molecular weight excluding hydrogens is 493 g/mol.